The van der Waals surface area contributed by atoms with Crippen molar-refractivity contribution in [2.45, 2.75) is 6.37 Å². The molecule has 0 aliphatic carbocycles. The van der Waals surface area contributed by atoms with Gasteiger partial charge in [0.05, 0.1) is 16.9 Å². The molecular formula is C5H6O2. The summed E-state index contributed by atoms with van der Waals surface area (Å²) in [6.07, 6.45) is -3.85. The topological polar surface area (TPSA) is 26.3 Å². The highest BCUT2D eigenvalue weighted by molar-refractivity contribution is 5.89. The van der Waals surface area contributed by atoms with Gasteiger partial charge in [-0.3, -0.25) is 4.79 Å². The van der Waals surface area contributed by atoms with Crippen molar-refractivity contribution in [3.63, 3.8) is 0 Å². The molecule has 38 valence electrons. The van der Waals surface area contributed by atoms with Crippen LogP contribution >= 0.6 is 0 Å². The van der Waals surface area contributed by atoms with Gasteiger partial charge in [-0.05, 0) is 0 Å². The maximum Gasteiger partial charge on any atom is 0.162 e. The predicted octanol–water partition coefficient (Wildman–Crippen LogP) is 0.490. The molecule has 1 rings (SSSR count). The van der Waals surface area contributed by atoms with Crippen LogP contribution in [0.1, 0.15) is 14.6 Å². The second-order valence-electron chi connectivity index (χ2n) is 0.885. The summed E-state index contributed by atoms with van der Waals surface area (Å²) in [5, 5.41) is 0. The van der Waals surface area contributed by atoms with Gasteiger partial charge in [0.15, 0.2) is 5.78 Å². The monoisotopic (exact) mass is 104 g/mol. The summed E-state index contributed by atoms with van der Waals surface area (Å²) in [7, 11) is 0. The fourth-order valence-corrected chi connectivity index (χ4v) is 0.200. The van der Waals surface area contributed by atoms with Crippen LogP contribution < -0.4 is 0 Å². The Labute approximate surface area is 50.2 Å². The third-order valence-corrected chi connectivity index (χ3v) is 0.431. The van der Waals surface area contributed by atoms with Crippen molar-refractivity contribution in [2.75, 3.05) is 6.56 Å². The lowest BCUT2D eigenvalue weighted by Gasteiger charge is -2.01. The molecule has 0 saturated carbocycles. The molecule has 7 heavy (non-hydrogen) atoms. The first-order valence-electron chi connectivity index (χ1n) is 4.61. The van der Waals surface area contributed by atoms with Crippen molar-refractivity contribution in [1.29, 1.82) is 0 Å². The van der Waals surface area contributed by atoms with Crippen molar-refractivity contribution < 1.29 is 17.8 Å². The zero-order chi connectivity index (χ0) is 10.4. The van der Waals surface area contributed by atoms with Crippen LogP contribution in [0, 0.1) is 0 Å². The highest BCUT2D eigenvalue weighted by atomic mass is 16.5. The van der Waals surface area contributed by atoms with Crippen molar-refractivity contribution >= 4 is 5.78 Å². The lowest BCUT2D eigenvalue weighted by Crippen LogP contribution is -2.03. The summed E-state index contributed by atoms with van der Waals surface area (Å²) in [5.74, 6) is -1.37. The largest absolute Gasteiger partial charge is 0.501 e. The SMILES string of the molecule is [2H]C1=C([2H])C(=O)C([2H])([2H])C([2H])([2H])O1. The molecule has 0 aromatic heterocycles. The van der Waals surface area contributed by atoms with Crippen molar-refractivity contribution in [2.24, 2.45) is 0 Å². The van der Waals surface area contributed by atoms with Crippen LogP contribution in [-0.2, 0) is 9.53 Å². The number of hydrogen-bond donors (Lipinski definition) is 0. The summed E-state index contributed by atoms with van der Waals surface area (Å²) in [6.45, 7) is -2.88. The molecule has 1 aliphatic rings. The minimum atomic E-state index is -2.91. The van der Waals surface area contributed by atoms with E-state index < -0.39 is 31.0 Å². The van der Waals surface area contributed by atoms with Gasteiger partial charge in [-0.15, -0.1) is 0 Å². The number of carbonyl (C=O) groups excluding carboxylic acids is 1. The fourth-order valence-electron chi connectivity index (χ4n) is 0.200. The molecule has 2 heteroatoms. The number of hydrogen-bond acceptors (Lipinski definition) is 2. The lowest BCUT2D eigenvalue weighted by molar-refractivity contribution is -0.116. The summed E-state index contributed by atoms with van der Waals surface area (Å²) < 4.78 is 46.0. The van der Waals surface area contributed by atoms with E-state index in [1.807, 2.05) is 0 Å². The molecule has 0 N–H and O–H groups in total. The Hall–Kier alpha value is -0.790. The van der Waals surface area contributed by atoms with E-state index in [1.165, 1.54) is 0 Å². The molecule has 0 atom stereocenters. The van der Waals surface area contributed by atoms with Crippen LogP contribution in [0.3, 0.4) is 0 Å². The fraction of sp³-hybridized carbons (Fsp3) is 0.400. The van der Waals surface area contributed by atoms with E-state index >= 15 is 0 Å². The van der Waals surface area contributed by atoms with Crippen LogP contribution in [0.15, 0.2) is 12.3 Å². The quantitative estimate of drug-likeness (QED) is 0.447. The molecule has 0 aromatic carbocycles. The molecule has 0 fully saturated rings. The zero-order valence-electron chi connectivity index (χ0n) is 9.32. The summed E-state index contributed by atoms with van der Waals surface area (Å²) in [4.78, 5) is 11.0. The molecular weight excluding hydrogens is 92.1 g/mol. The van der Waals surface area contributed by atoms with E-state index in [-0.39, 0.29) is 0 Å². The van der Waals surface area contributed by atoms with Crippen molar-refractivity contribution in [3.8, 4) is 0 Å². The number of carbonyl (C=O) groups is 1. The Kier molecular flexibility index (Phi) is 0.287. The second-order valence-corrected chi connectivity index (χ2v) is 0.885. The summed E-state index contributed by atoms with van der Waals surface area (Å²) in [6, 6.07) is -0.944. The number of rotatable bonds is 0. The Balaban J connectivity index is 3.25. The minimum absolute atomic E-state index is 0.940. The highest BCUT2D eigenvalue weighted by Gasteiger charge is 1.99. The maximum absolute atomic E-state index is 11.0. The molecule has 0 amide bonds. The van der Waals surface area contributed by atoms with Crippen LogP contribution in [0.2, 0.25) is 0 Å². The van der Waals surface area contributed by atoms with Gasteiger partial charge in [0, 0.05) is 15.2 Å². The molecule has 0 spiro atoms. The Morgan fingerprint density at radius 2 is 3.00 bits per heavy atom. The molecule has 0 bridgehead atoms. The Morgan fingerprint density at radius 3 is 3.86 bits per heavy atom. The van der Waals surface area contributed by atoms with E-state index in [1.54, 1.807) is 0 Å². The standard InChI is InChI=1S/C5H6O2/c6-5-1-3-7-4-2-5/h1,3H,2,4H2/i1D,2D2,3D,4D2. The number of ether oxygens (including phenoxy) is 1. The molecule has 0 radical (unpaired) electrons. The van der Waals surface area contributed by atoms with Crippen LogP contribution in [0.25, 0.3) is 0 Å². The van der Waals surface area contributed by atoms with E-state index in [0.29, 0.717) is 0 Å². The number of ketones is 1. The molecule has 1 aliphatic heterocycles. The average molecular weight is 104 g/mol. The maximum atomic E-state index is 11.0. The zero-order valence-corrected chi connectivity index (χ0v) is 3.32. The first kappa shape index (κ1) is 1.13. The molecule has 1 heterocycles. The Morgan fingerprint density at radius 1 is 2.14 bits per heavy atom. The smallest absolute Gasteiger partial charge is 0.162 e. The van der Waals surface area contributed by atoms with Gasteiger partial charge in [-0.2, -0.15) is 0 Å². The molecule has 0 saturated heterocycles. The van der Waals surface area contributed by atoms with Gasteiger partial charge in [0.25, 0.3) is 0 Å². The van der Waals surface area contributed by atoms with Crippen molar-refractivity contribution in [1.82, 2.24) is 0 Å². The predicted molar refractivity (Wildman–Crippen MR) is 24.7 cm³/mol. The summed E-state index contributed by atoms with van der Waals surface area (Å²) in [5.41, 5.74) is 0. The second kappa shape index (κ2) is 1.78. The van der Waals surface area contributed by atoms with Crippen LogP contribution in [-0.4, -0.2) is 12.3 Å². The molecule has 2 nitrogen and oxygen atoms in total. The third-order valence-electron chi connectivity index (χ3n) is 0.431. The van der Waals surface area contributed by atoms with E-state index in [9.17, 15) is 4.79 Å². The van der Waals surface area contributed by atoms with Crippen LogP contribution in [0.4, 0.5) is 0 Å². The number of allylic oxidation sites excluding steroid dienone is 1. The van der Waals surface area contributed by atoms with E-state index in [4.69, 9.17) is 8.22 Å². The highest BCUT2D eigenvalue weighted by Crippen LogP contribution is 1.94. The average Bonchev–Trinajstić information content (AvgIpc) is 1.98. The third kappa shape index (κ3) is 1.03. The van der Waals surface area contributed by atoms with Crippen LogP contribution in [0.5, 0.6) is 0 Å². The van der Waals surface area contributed by atoms with Gasteiger partial charge in [-0.1, -0.05) is 0 Å². The lowest BCUT2D eigenvalue weighted by atomic mass is 10.3. The first-order valence-corrected chi connectivity index (χ1v) is 1.61. The van der Waals surface area contributed by atoms with Gasteiger partial charge < -0.3 is 4.74 Å². The van der Waals surface area contributed by atoms with E-state index in [2.05, 4.69) is 4.74 Å². The molecule has 0 aromatic rings. The normalized spacial score (nSPS) is 48.9. The summed E-state index contributed by atoms with van der Waals surface area (Å²) >= 11 is 0. The minimum Gasteiger partial charge on any atom is -0.501 e. The van der Waals surface area contributed by atoms with E-state index in [0.717, 1.165) is 0 Å². The molecule has 0 unspecified atom stereocenters. The van der Waals surface area contributed by atoms with Gasteiger partial charge >= 0.3 is 0 Å². The Bertz CT molecular complexity index is 293. The van der Waals surface area contributed by atoms with Gasteiger partial charge in [0.1, 0.15) is 1.37 Å². The first-order chi connectivity index (χ1) is 5.70. The van der Waals surface area contributed by atoms with Crippen molar-refractivity contribution in [3.05, 3.63) is 12.3 Å². The van der Waals surface area contributed by atoms with Gasteiger partial charge in [-0.25, -0.2) is 0 Å². The van der Waals surface area contributed by atoms with Gasteiger partial charge in [0.2, 0.25) is 0 Å².